The van der Waals surface area contributed by atoms with Crippen molar-refractivity contribution in [2.24, 2.45) is 11.8 Å². The Kier molecular flexibility index (Phi) is 3.05. The summed E-state index contributed by atoms with van der Waals surface area (Å²) in [6.45, 7) is 4.42. The standard InChI is InChI=1S/C12H17N5S/c1-8-3-2-5-17(7-8)10-9-4-6-18-11(9)15-12(14-10)16-13/h4,6,8H,2-3,5,7,13H2,1H3,(H,14,15,16). The van der Waals surface area contributed by atoms with Gasteiger partial charge in [0.15, 0.2) is 0 Å². The molecule has 3 heterocycles. The maximum atomic E-state index is 5.45. The lowest BCUT2D eigenvalue weighted by molar-refractivity contribution is 0.445. The number of hydrazine groups is 1. The highest BCUT2D eigenvalue weighted by Crippen LogP contribution is 2.31. The van der Waals surface area contributed by atoms with Crippen molar-refractivity contribution in [2.45, 2.75) is 19.8 Å². The van der Waals surface area contributed by atoms with E-state index in [1.165, 1.54) is 12.8 Å². The lowest BCUT2D eigenvalue weighted by Gasteiger charge is -2.32. The largest absolute Gasteiger partial charge is 0.356 e. The highest BCUT2D eigenvalue weighted by Gasteiger charge is 2.20. The number of hydrogen-bond acceptors (Lipinski definition) is 6. The van der Waals surface area contributed by atoms with E-state index in [0.717, 1.165) is 35.0 Å². The van der Waals surface area contributed by atoms with Crippen LogP contribution >= 0.6 is 11.3 Å². The van der Waals surface area contributed by atoms with Crippen molar-refractivity contribution in [3.05, 3.63) is 11.4 Å². The summed E-state index contributed by atoms with van der Waals surface area (Å²) >= 11 is 1.62. The normalized spacial score (nSPS) is 20.3. The summed E-state index contributed by atoms with van der Waals surface area (Å²) in [4.78, 5) is 12.3. The topological polar surface area (TPSA) is 67.1 Å². The molecule has 2 aromatic rings. The van der Waals surface area contributed by atoms with Crippen molar-refractivity contribution >= 4 is 33.3 Å². The molecular weight excluding hydrogens is 246 g/mol. The number of nitrogens with two attached hydrogens (primary N) is 1. The zero-order chi connectivity index (χ0) is 12.5. The maximum absolute atomic E-state index is 5.45. The molecule has 5 nitrogen and oxygen atoms in total. The van der Waals surface area contributed by atoms with Gasteiger partial charge in [-0.3, -0.25) is 5.43 Å². The maximum Gasteiger partial charge on any atom is 0.240 e. The van der Waals surface area contributed by atoms with Crippen LogP contribution in [-0.4, -0.2) is 23.1 Å². The Hall–Kier alpha value is -1.40. The highest BCUT2D eigenvalue weighted by molar-refractivity contribution is 7.16. The van der Waals surface area contributed by atoms with Crippen molar-refractivity contribution in [2.75, 3.05) is 23.4 Å². The van der Waals surface area contributed by atoms with E-state index in [1.807, 2.05) is 0 Å². The van der Waals surface area contributed by atoms with Gasteiger partial charge in [-0.1, -0.05) is 6.92 Å². The van der Waals surface area contributed by atoms with Gasteiger partial charge in [0.2, 0.25) is 5.95 Å². The Morgan fingerprint density at radius 2 is 2.39 bits per heavy atom. The van der Waals surface area contributed by atoms with Gasteiger partial charge in [-0.15, -0.1) is 11.3 Å². The first kappa shape index (κ1) is 11.7. The summed E-state index contributed by atoms with van der Waals surface area (Å²) in [6, 6.07) is 2.09. The predicted molar refractivity (Wildman–Crippen MR) is 75.8 cm³/mol. The van der Waals surface area contributed by atoms with E-state index in [-0.39, 0.29) is 0 Å². The van der Waals surface area contributed by atoms with Crippen LogP contribution in [0.15, 0.2) is 11.4 Å². The van der Waals surface area contributed by atoms with Gasteiger partial charge in [0.1, 0.15) is 10.6 Å². The number of nitrogens with zero attached hydrogens (tertiary/aromatic N) is 3. The zero-order valence-corrected chi connectivity index (χ0v) is 11.2. The number of thiophene rings is 1. The van der Waals surface area contributed by atoms with E-state index in [9.17, 15) is 0 Å². The number of fused-ring (bicyclic) bond motifs is 1. The smallest absolute Gasteiger partial charge is 0.240 e. The second-order valence-corrected chi connectivity index (χ2v) is 5.74. The Bertz CT molecular complexity index is 552. The third-order valence-electron chi connectivity index (χ3n) is 3.39. The molecule has 0 aromatic carbocycles. The van der Waals surface area contributed by atoms with Gasteiger partial charge in [0.05, 0.1) is 5.39 Å². The van der Waals surface area contributed by atoms with Crippen LogP contribution < -0.4 is 16.2 Å². The predicted octanol–water partition coefficient (Wildman–Crippen LogP) is 2.21. The molecule has 0 aliphatic carbocycles. The molecule has 1 saturated heterocycles. The van der Waals surface area contributed by atoms with Crippen LogP contribution in [0.1, 0.15) is 19.8 Å². The summed E-state index contributed by atoms with van der Waals surface area (Å²) in [5.41, 5.74) is 2.56. The average Bonchev–Trinajstić information content (AvgIpc) is 2.85. The fourth-order valence-electron chi connectivity index (χ4n) is 2.53. The van der Waals surface area contributed by atoms with Gasteiger partial charge in [-0.25, -0.2) is 10.8 Å². The Labute approximate surface area is 110 Å². The molecule has 3 rings (SSSR count). The fraction of sp³-hybridized carbons (Fsp3) is 0.500. The first-order chi connectivity index (χ1) is 8.78. The van der Waals surface area contributed by atoms with Crippen molar-refractivity contribution < 1.29 is 0 Å². The molecule has 0 bridgehead atoms. The minimum Gasteiger partial charge on any atom is -0.356 e. The Balaban J connectivity index is 2.05. The van der Waals surface area contributed by atoms with E-state index >= 15 is 0 Å². The third-order valence-corrected chi connectivity index (χ3v) is 4.20. The summed E-state index contributed by atoms with van der Waals surface area (Å²) in [5, 5.41) is 3.18. The van der Waals surface area contributed by atoms with Gasteiger partial charge >= 0.3 is 0 Å². The van der Waals surface area contributed by atoms with Gasteiger partial charge in [-0.2, -0.15) is 4.98 Å². The molecule has 0 saturated carbocycles. The van der Waals surface area contributed by atoms with Gasteiger partial charge in [0, 0.05) is 13.1 Å². The Morgan fingerprint density at radius 1 is 1.50 bits per heavy atom. The van der Waals surface area contributed by atoms with E-state index in [4.69, 9.17) is 5.84 Å². The van der Waals surface area contributed by atoms with E-state index in [1.54, 1.807) is 11.3 Å². The quantitative estimate of drug-likeness (QED) is 0.642. The molecule has 3 N–H and O–H groups in total. The van der Waals surface area contributed by atoms with Crippen molar-refractivity contribution in [3.63, 3.8) is 0 Å². The number of aromatic nitrogens is 2. The van der Waals surface area contributed by atoms with Crippen LogP contribution in [-0.2, 0) is 0 Å². The summed E-state index contributed by atoms with van der Waals surface area (Å²) in [6.07, 6.45) is 2.53. The molecular formula is C12H17N5S. The highest BCUT2D eigenvalue weighted by atomic mass is 32.1. The molecule has 1 aliphatic rings. The molecule has 1 unspecified atom stereocenters. The first-order valence-corrected chi connectivity index (χ1v) is 7.12. The lowest BCUT2D eigenvalue weighted by atomic mass is 10.0. The summed E-state index contributed by atoms with van der Waals surface area (Å²) in [7, 11) is 0. The van der Waals surface area contributed by atoms with E-state index in [0.29, 0.717) is 5.95 Å². The monoisotopic (exact) mass is 263 g/mol. The summed E-state index contributed by atoms with van der Waals surface area (Å²) < 4.78 is 0. The van der Waals surface area contributed by atoms with Gasteiger partial charge in [-0.05, 0) is 30.2 Å². The number of nitrogen functional groups attached to an aromatic ring is 1. The SMILES string of the molecule is CC1CCCN(c2nc(NN)nc3sccc23)C1. The first-order valence-electron chi connectivity index (χ1n) is 6.24. The second kappa shape index (κ2) is 4.70. The van der Waals surface area contributed by atoms with Crippen LogP contribution in [0.25, 0.3) is 10.2 Å². The van der Waals surface area contributed by atoms with E-state index in [2.05, 4.69) is 38.7 Å². The minimum atomic E-state index is 0.498. The van der Waals surface area contributed by atoms with Gasteiger partial charge < -0.3 is 4.90 Å². The minimum absolute atomic E-state index is 0.498. The number of piperidine rings is 1. The molecule has 0 radical (unpaired) electrons. The van der Waals surface area contributed by atoms with Crippen LogP contribution in [0.4, 0.5) is 11.8 Å². The molecule has 6 heteroatoms. The molecule has 1 aliphatic heterocycles. The lowest BCUT2D eigenvalue weighted by Crippen LogP contribution is -2.35. The van der Waals surface area contributed by atoms with Gasteiger partial charge in [0.25, 0.3) is 0 Å². The third kappa shape index (κ3) is 2.02. The van der Waals surface area contributed by atoms with E-state index < -0.39 is 0 Å². The Morgan fingerprint density at radius 3 is 3.17 bits per heavy atom. The number of nitrogens with one attached hydrogen (secondary N) is 1. The summed E-state index contributed by atoms with van der Waals surface area (Å²) in [5.74, 6) is 7.68. The molecule has 1 fully saturated rings. The average molecular weight is 263 g/mol. The molecule has 1 atom stereocenters. The van der Waals surface area contributed by atoms with Crippen LogP contribution in [0.3, 0.4) is 0 Å². The fourth-order valence-corrected chi connectivity index (χ4v) is 3.29. The van der Waals surface area contributed by atoms with Crippen LogP contribution in [0, 0.1) is 5.92 Å². The molecule has 0 spiro atoms. The number of anilines is 2. The molecule has 96 valence electrons. The molecule has 0 amide bonds. The second-order valence-electron chi connectivity index (χ2n) is 4.85. The number of rotatable bonds is 2. The zero-order valence-electron chi connectivity index (χ0n) is 10.4. The molecule has 2 aromatic heterocycles. The van der Waals surface area contributed by atoms with Crippen molar-refractivity contribution in [1.29, 1.82) is 0 Å². The van der Waals surface area contributed by atoms with Crippen molar-refractivity contribution in [3.8, 4) is 0 Å². The molecule has 18 heavy (non-hydrogen) atoms. The van der Waals surface area contributed by atoms with Crippen LogP contribution in [0.5, 0.6) is 0 Å². The van der Waals surface area contributed by atoms with Crippen molar-refractivity contribution in [1.82, 2.24) is 9.97 Å². The number of hydrogen-bond donors (Lipinski definition) is 2. The van der Waals surface area contributed by atoms with Crippen LogP contribution in [0.2, 0.25) is 0 Å².